The molecule has 0 saturated carbocycles. The highest BCUT2D eigenvalue weighted by Crippen LogP contribution is 2.24. The first-order chi connectivity index (χ1) is 6.77. The summed E-state index contributed by atoms with van der Waals surface area (Å²) in [6, 6.07) is 4.12. The van der Waals surface area contributed by atoms with Crippen LogP contribution in [0.1, 0.15) is 31.0 Å². The van der Waals surface area contributed by atoms with Crippen molar-refractivity contribution >= 4 is 17.3 Å². The largest absolute Gasteiger partial charge is 0.396 e. The average molecular weight is 212 g/mol. The molecule has 0 bridgehead atoms. The van der Waals surface area contributed by atoms with Gasteiger partial charge in [-0.1, -0.05) is 18.0 Å². The Bertz CT molecular complexity index is 321. The van der Waals surface area contributed by atoms with Crippen molar-refractivity contribution in [3.63, 3.8) is 0 Å². The number of halogens is 1. The SMILES string of the molecule is Nc1ccc(C2CCCCN2)nc1Cl. The fraction of sp³-hybridized carbons (Fsp3) is 0.500. The monoisotopic (exact) mass is 211 g/mol. The van der Waals surface area contributed by atoms with Gasteiger partial charge in [-0.2, -0.15) is 0 Å². The van der Waals surface area contributed by atoms with Gasteiger partial charge in [0.1, 0.15) is 0 Å². The summed E-state index contributed by atoms with van der Waals surface area (Å²) in [6.07, 6.45) is 3.63. The molecule has 3 N–H and O–H groups in total. The van der Waals surface area contributed by atoms with Crippen LogP contribution < -0.4 is 11.1 Å². The number of nitrogens with one attached hydrogen (secondary N) is 1. The molecule has 1 fully saturated rings. The van der Waals surface area contributed by atoms with E-state index in [9.17, 15) is 0 Å². The van der Waals surface area contributed by atoms with Crippen LogP contribution in [0.25, 0.3) is 0 Å². The summed E-state index contributed by atoms with van der Waals surface area (Å²) in [4.78, 5) is 4.27. The van der Waals surface area contributed by atoms with Gasteiger partial charge in [-0.3, -0.25) is 0 Å². The first kappa shape index (κ1) is 9.74. The van der Waals surface area contributed by atoms with Gasteiger partial charge in [-0.25, -0.2) is 4.98 Å². The molecule has 2 heterocycles. The number of nitrogens with two attached hydrogens (primary N) is 1. The number of anilines is 1. The maximum absolute atomic E-state index is 5.87. The number of nitrogen functional groups attached to an aromatic ring is 1. The molecule has 76 valence electrons. The van der Waals surface area contributed by atoms with Gasteiger partial charge in [0.05, 0.1) is 11.4 Å². The van der Waals surface area contributed by atoms with E-state index in [1.165, 1.54) is 12.8 Å². The summed E-state index contributed by atoms with van der Waals surface area (Å²) >= 11 is 5.87. The second kappa shape index (κ2) is 4.15. The summed E-state index contributed by atoms with van der Waals surface area (Å²) in [7, 11) is 0. The van der Waals surface area contributed by atoms with E-state index in [-0.39, 0.29) is 0 Å². The van der Waals surface area contributed by atoms with E-state index in [0.717, 1.165) is 18.7 Å². The third-order valence-corrected chi connectivity index (χ3v) is 2.87. The Morgan fingerprint density at radius 2 is 2.29 bits per heavy atom. The standard InChI is InChI=1S/C10H14ClN3/c11-10-7(12)4-5-9(14-10)8-3-1-2-6-13-8/h4-5,8,13H,1-3,6,12H2. The molecular weight excluding hydrogens is 198 g/mol. The number of hydrogen-bond acceptors (Lipinski definition) is 3. The van der Waals surface area contributed by atoms with Crippen molar-refractivity contribution < 1.29 is 0 Å². The molecule has 3 nitrogen and oxygen atoms in total. The predicted molar refractivity (Wildman–Crippen MR) is 58.3 cm³/mol. The molecule has 1 unspecified atom stereocenters. The van der Waals surface area contributed by atoms with Crippen LogP contribution in [0.4, 0.5) is 5.69 Å². The highest BCUT2D eigenvalue weighted by atomic mass is 35.5. The molecule has 0 aliphatic carbocycles. The molecule has 1 atom stereocenters. The van der Waals surface area contributed by atoms with Crippen LogP contribution in [0.5, 0.6) is 0 Å². The van der Waals surface area contributed by atoms with Gasteiger partial charge in [0, 0.05) is 6.04 Å². The van der Waals surface area contributed by atoms with Crippen LogP contribution in [0.3, 0.4) is 0 Å². The lowest BCUT2D eigenvalue weighted by Gasteiger charge is -2.23. The molecule has 1 aromatic rings. The third kappa shape index (κ3) is 1.99. The zero-order valence-corrected chi connectivity index (χ0v) is 8.72. The zero-order chi connectivity index (χ0) is 9.97. The Hall–Kier alpha value is -0.800. The maximum Gasteiger partial charge on any atom is 0.152 e. The van der Waals surface area contributed by atoms with Crippen LogP contribution in [0.15, 0.2) is 12.1 Å². The van der Waals surface area contributed by atoms with Crippen molar-refractivity contribution in [2.24, 2.45) is 0 Å². The zero-order valence-electron chi connectivity index (χ0n) is 7.96. The maximum atomic E-state index is 5.87. The summed E-state index contributed by atoms with van der Waals surface area (Å²) in [6.45, 7) is 1.06. The molecule has 14 heavy (non-hydrogen) atoms. The predicted octanol–water partition coefficient (Wildman–Crippen LogP) is 2.13. The number of hydrogen-bond donors (Lipinski definition) is 2. The fourth-order valence-corrected chi connectivity index (χ4v) is 1.92. The van der Waals surface area contributed by atoms with Crippen molar-refractivity contribution in [1.82, 2.24) is 10.3 Å². The summed E-state index contributed by atoms with van der Waals surface area (Å²) in [5.74, 6) is 0. The quantitative estimate of drug-likeness (QED) is 0.700. The normalized spacial score (nSPS) is 22.2. The first-order valence-electron chi connectivity index (χ1n) is 4.92. The van der Waals surface area contributed by atoms with Crippen LogP contribution in [-0.4, -0.2) is 11.5 Å². The average Bonchev–Trinajstić information content (AvgIpc) is 2.23. The molecule has 1 aliphatic heterocycles. The van der Waals surface area contributed by atoms with Gasteiger partial charge < -0.3 is 11.1 Å². The Balaban J connectivity index is 2.18. The number of aromatic nitrogens is 1. The van der Waals surface area contributed by atoms with Crippen LogP contribution in [0.2, 0.25) is 5.15 Å². The van der Waals surface area contributed by atoms with Crippen LogP contribution in [0, 0.1) is 0 Å². The first-order valence-corrected chi connectivity index (χ1v) is 5.30. The molecular formula is C10H14ClN3. The van der Waals surface area contributed by atoms with Gasteiger partial charge in [0.15, 0.2) is 5.15 Å². The van der Waals surface area contributed by atoms with Gasteiger partial charge >= 0.3 is 0 Å². The summed E-state index contributed by atoms with van der Waals surface area (Å²) in [5, 5.41) is 3.83. The van der Waals surface area contributed by atoms with Crippen molar-refractivity contribution in [1.29, 1.82) is 0 Å². The van der Waals surface area contributed by atoms with E-state index >= 15 is 0 Å². The van der Waals surface area contributed by atoms with E-state index < -0.39 is 0 Å². The fourth-order valence-electron chi connectivity index (χ4n) is 1.76. The molecule has 1 saturated heterocycles. The molecule has 4 heteroatoms. The van der Waals surface area contributed by atoms with E-state index in [0.29, 0.717) is 16.9 Å². The lowest BCUT2D eigenvalue weighted by molar-refractivity contribution is 0.405. The van der Waals surface area contributed by atoms with E-state index in [4.69, 9.17) is 17.3 Å². The lowest BCUT2D eigenvalue weighted by Crippen LogP contribution is -2.27. The van der Waals surface area contributed by atoms with Crippen molar-refractivity contribution in [2.45, 2.75) is 25.3 Å². The minimum Gasteiger partial charge on any atom is -0.396 e. The van der Waals surface area contributed by atoms with Crippen molar-refractivity contribution in [3.8, 4) is 0 Å². The van der Waals surface area contributed by atoms with E-state index in [1.807, 2.05) is 12.1 Å². The molecule has 0 spiro atoms. The Morgan fingerprint density at radius 1 is 1.43 bits per heavy atom. The van der Waals surface area contributed by atoms with Gasteiger partial charge in [0.2, 0.25) is 0 Å². The molecule has 1 aromatic heterocycles. The van der Waals surface area contributed by atoms with Crippen molar-refractivity contribution in [3.05, 3.63) is 23.0 Å². The highest BCUT2D eigenvalue weighted by molar-refractivity contribution is 6.31. The van der Waals surface area contributed by atoms with Crippen LogP contribution >= 0.6 is 11.6 Å². The van der Waals surface area contributed by atoms with Crippen molar-refractivity contribution in [2.75, 3.05) is 12.3 Å². The van der Waals surface area contributed by atoms with Gasteiger partial charge in [-0.15, -0.1) is 0 Å². The number of rotatable bonds is 1. The number of pyridine rings is 1. The van der Waals surface area contributed by atoms with E-state index in [2.05, 4.69) is 10.3 Å². The van der Waals surface area contributed by atoms with Gasteiger partial charge in [0.25, 0.3) is 0 Å². The lowest BCUT2D eigenvalue weighted by atomic mass is 10.0. The third-order valence-electron chi connectivity index (χ3n) is 2.57. The van der Waals surface area contributed by atoms with Crippen LogP contribution in [-0.2, 0) is 0 Å². The second-order valence-corrected chi connectivity index (χ2v) is 3.98. The topological polar surface area (TPSA) is 50.9 Å². The minimum atomic E-state index is 0.349. The second-order valence-electron chi connectivity index (χ2n) is 3.62. The molecule has 2 rings (SSSR count). The molecule has 0 radical (unpaired) electrons. The number of nitrogens with zero attached hydrogens (tertiary/aromatic N) is 1. The molecule has 0 aromatic carbocycles. The summed E-state index contributed by atoms with van der Waals surface area (Å²) < 4.78 is 0. The molecule has 1 aliphatic rings. The Morgan fingerprint density at radius 3 is 2.93 bits per heavy atom. The number of piperidine rings is 1. The van der Waals surface area contributed by atoms with Gasteiger partial charge in [-0.05, 0) is 31.5 Å². The Kier molecular flexibility index (Phi) is 2.89. The van der Waals surface area contributed by atoms with E-state index in [1.54, 1.807) is 0 Å². The highest BCUT2D eigenvalue weighted by Gasteiger charge is 2.16. The summed E-state index contributed by atoms with van der Waals surface area (Å²) in [5.41, 5.74) is 7.15. The minimum absolute atomic E-state index is 0.349. The smallest absolute Gasteiger partial charge is 0.152 e. The Labute approximate surface area is 88.7 Å². The molecule has 0 amide bonds.